The molecule has 724 valence electrons. The predicted octanol–water partition coefficient (Wildman–Crippen LogP) is 15.7. The van der Waals surface area contributed by atoms with Crippen molar-refractivity contribution >= 4 is 82.3 Å². The Morgan fingerprint density at radius 2 is 1.07 bits per heavy atom. The molecule has 3 aromatic heterocycles. The lowest BCUT2D eigenvalue weighted by atomic mass is 9.83. The molecule has 9 aliphatic rings. The van der Waals surface area contributed by atoms with E-state index in [1.807, 2.05) is 129 Å². The van der Waals surface area contributed by atoms with E-state index in [0.717, 1.165) is 188 Å². The maximum atomic E-state index is 14.5. The molecule has 3 atom stereocenters. The SMILES string of the molecule is CCOC(=O)CCCC[N+]12CCC(CC1)[C@H](OC(=O)N(CCc1ccc(OC)c(OC)c1)Cc1ccc(C)o1)C2.COc1ccc(N(Cc2ccsc2)C(=O)O[C@H]2C[N+]3(CC=Cc4ccccc4)CCC2CC3)cc1F.Cc1cc(F)ccc1N(Cc1sccc1C)C(=O)O[C@H]1C[N+]2(CCOc3ccccc3)CCC1CC2.O=C([O-])C(F)(F)F.O=C([O-])C(F)(F)F.O=C([O-])C(F)(F)F. The van der Waals surface area contributed by atoms with Gasteiger partial charge in [-0.1, -0.05) is 60.7 Å². The largest absolute Gasteiger partial charge is 0.542 e. The number of piperidine rings is 9. The molecule has 3 amide bonds. The number of amides is 3. The van der Waals surface area contributed by atoms with E-state index in [2.05, 4.69) is 30.4 Å². The Balaban J connectivity index is 0.000000202. The Hall–Kier alpha value is -11.5. The number of hydrogen-bond donors (Lipinski definition) is 0. The average molecular weight is 1910 g/mol. The monoisotopic (exact) mass is 1910 g/mol. The number of methoxy groups -OCH3 is 3. The number of hydrogen-bond acceptors (Lipinski definition) is 21. The molecule has 6 bridgehead atoms. The van der Waals surface area contributed by atoms with Gasteiger partial charge in [-0.25, -0.2) is 23.2 Å². The molecule has 38 heteroatoms. The Bertz CT molecular complexity index is 5040. The highest BCUT2D eigenvalue weighted by atomic mass is 32.1. The van der Waals surface area contributed by atoms with Crippen LogP contribution in [0, 0.1) is 50.2 Å². The Kier molecular flexibility index (Phi) is 38.7. The number of fused-ring (bicyclic) bond motifs is 9. The molecule has 0 radical (unpaired) electrons. The summed E-state index contributed by atoms with van der Waals surface area (Å²) in [5.41, 5.74) is 6.23. The van der Waals surface area contributed by atoms with Gasteiger partial charge < -0.3 is 90.4 Å². The lowest BCUT2D eigenvalue weighted by Gasteiger charge is -2.52. The van der Waals surface area contributed by atoms with Gasteiger partial charge in [0.2, 0.25) is 0 Å². The summed E-state index contributed by atoms with van der Waals surface area (Å²) in [7, 11) is 4.66. The van der Waals surface area contributed by atoms with E-state index in [1.165, 1.54) is 35.8 Å². The molecular formula is C95H111F11N6O19S2. The molecule has 0 aliphatic carbocycles. The van der Waals surface area contributed by atoms with Crippen molar-refractivity contribution in [3.63, 3.8) is 0 Å². The van der Waals surface area contributed by atoms with Gasteiger partial charge in [-0.2, -0.15) is 50.9 Å². The summed E-state index contributed by atoms with van der Waals surface area (Å²) in [5, 5.41) is 32.4. The molecular weight excluding hydrogens is 1800 g/mol. The minimum atomic E-state index is -5.19. The van der Waals surface area contributed by atoms with Gasteiger partial charge in [0.25, 0.3) is 0 Å². The number of carbonyl (C=O) groups is 7. The second-order valence-corrected chi connectivity index (χ2v) is 35.1. The number of anilines is 2. The van der Waals surface area contributed by atoms with Crippen LogP contribution in [0.2, 0.25) is 0 Å². The molecule has 8 aromatic rings. The normalized spacial score (nSPS) is 20.7. The zero-order valence-corrected chi connectivity index (χ0v) is 76.5. The second kappa shape index (κ2) is 49.0. The minimum Gasteiger partial charge on any atom is -0.542 e. The fourth-order valence-corrected chi connectivity index (χ4v) is 18.7. The third-order valence-electron chi connectivity index (χ3n) is 24.4. The number of furan rings is 1. The first-order valence-corrected chi connectivity index (χ1v) is 45.2. The molecule has 0 N–H and O–H groups in total. The quantitative estimate of drug-likeness (QED) is 0.0133. The fraction of sp³-hybridized carbons (Fsp3) is 0.463. The third-order valence-corrected chi connectivity index (χ3v) is 26.1. The number of carboxylic acids is 3. The van der Waals surface area contributed by atoms with Crippen LogP contribution >= 0.6 is 22.7 Å². The number of carboxylic acid groups (broad SMARTS) is 3. The van der Waals surface area contributed by atoms with E-state index in [9.17, 15) is 67.5 Å². The molecule has 5 aromatic carbocycles. The molecule has 0 unspecified atom stereocenters. The van der Waals surface area contributed by atoms with Crippen LogP contribution in [0.1, 0.15) is 109 Å². The number of halogens is 11. The van der Waals surface area contributed by atoms with Crippen LogP contribution in [-0.2, 0) is 64.2 Å². The van der Waals surface area contributed by atoms with E-state index in [4.69, 9.17) is 72.0 Å². The van der Waals surface area contributed by atoms with Gasteiger partial charge >= 0.3 is 42.8 Å². The summed E-state index contributed by atoms with van der Waals surface area (Å²) in [6.45, 7) is 22.3. The number of nitrogens with zero attached hydrogens (tertiary/aromatic N) is 6. The highest BCUT2D eigenvalue weighted by Gasteiger charge is 2.51. The molecule has 0 spiro atoms. The van der Waals surface area contributed by atoms with Crippen LogP contribution in [0.4, 0.5) is 74.1 Å². The zero-order valence-electron chi connectivity index (χ0n) is 74.8. The molecule has 9 fully saturated rings. The zero-order chi connectivity index (χ0) is 96.9. The lowest BCUT2D eigenvalue weighted by molar-refractivity contribution is -0.946. The maximum absolute atomic E-state index is 14.5. The van der Waals surface area contributed by atoms with Gasteiger partial charge in [-0.05, 0) is 176 Å². The number of aliphatic carboxylic acids is 3. The Morgan fingerprint density at radius 3 is 1.57 bits per heavy atom. The van der Waals surface area contributed by atoms with Crippen molar-refractivity contribution in [3.8, 4) is 23.0 Å². The van der Waals surface area contributed by atoms with Crippen LogP contribution < -0.4 is 44.1 Å². The van der Waals surface area contributed by atoms with E-state index in [1.54, 1.807) is 64.9 Å². The van der Waals surface area contributed by atoms with Crippen LogP contribution in [0.25, 0.3) is 6.08 Å². The number of thiophene rings is 2. The van der Waals surface area contributed by atoms with E-state index >= 15 is 0 Å². The highest BCUT2D eigenvalue weighted by Crippen LogP contribution is 2.41. The number of benzene rings is 5. The van der Waals surface area contributed by atoms with E-state index in [-0.39, 0.29) is 48.0 Å². The van der Waals surface area contributed by atoms with Crippen molar-refractivity contribution in [2.24, 2.45) is 17.8 Å². The fourth-order valence-electron chi connectivity index (χ4n) is 17.2. The Morgan fingerprint density at radius 1 is 0.534 bits per heavy atom. The van der Waals surface area contributed by atoms with E-state index in [0.29, 0.717) is 92.9 Å². The lowest BCUT2D eigenvalue weighted by Crippen LogP contribution is -2.65. The summed E-state index contributed by atoms with van der Waals surface area (Å²) >= 11 is 3.19. The topological polar surface area (TPSA) is 285 Å². The van der Waals surface area contributed by atoms with Gasteiger partial charge in [0.1, 0.15) is 73.8 Å². The van der Waals surface area contributed by atoms with Crippen molar-refractivity contribution in [1.82, 2.24) is 4.90 Å². The first-order valence-electron chi connectivity index (χ1n) is 43.4. The smallest absolute Gasteiger partial charge is 0.430 e. The third kappa shape index (κ3) is 31.9. The summed E-state index contributed by atoms with van der Waals surface area (Å²) in [6, 6.07) is 43.1. The molecule has 17 rings (SSSR count). The average Bonchev–Trinajstić information content (AvgIpc) is 1.63. The number of quaternary nitrogens is 3. The van der Waals surface area contributed by atoms with Crippen molar-refractivity contribution in [3.05, 3.63) is 218 Å². The maximum Gasteiger partial charge on any atom is 0.430 e. The number of unbranched alkanes of at least 4 members (excludes halogenated alkanes) is 1. The van der Waals surface area contributed by atoms with Crippen LogP contribution in [-0.4, -0.2) is 217 Å². The molecule has 12 heterocycles. The number of carbonyl (C=O) groups excluding carboxylic acids is 7. The van der Waals surface area contributed by atoms with Gasteiger partial charge in [-0.3, -0.25) is 14.6 Å². The number of alkyl halides is 9. The summed E-state index contributed by atoms with van der Waals surface area (Å²) < 4.78 is 177. The molecule has 133 heavy (non-hydrogen) atoms. The van der Waals surface area contributed by atoms with Crippen LogP contribution in [0.3, 0.4) is 0 Å². The predicted molar refractivity (Wildman–Crippen MR) is 466 cm³/mol. The standard InChI is InChI=1S/C31H45N2O7.C29H34FN2O3S.C29H32FN2O3S.3C2HF3O2/c1-5-38-30(34)8-6-7-17-33-18-14-25(15-19-33)29(22-33)40-31(35)32(21-26-11-9-23(2)39-26)16-13-24-10-12-27(36-3)28(20-24)37-4;1-21-12-17-36-28(21)19-31(26-9-8-24(30)18-22(26)2)29(33)35-27-20-32(13-10-23(27)11-14-32)15-16-34-25-6-4-3-5-7-25;1-34-27-10-9-25(18-26(27)30)31(19-23-13-17-36-21-23)29(33)35-28-20-32(15-11-24(28)12-16-32)14-5-8-22-6-3-2-4-7-22;3*3-2(4,5)1(6)7/h9-12,20,25,29H,5-8,13-19,21-22H2,1-4H3;3-9,12,17-18,23,27H,10-11,13-16,19-20H2,1-2H3;2-10,13,17-18,21,24,28H,11-12,14-16,19-20H2,1H3;3*(H,6,7)/q3*+1;;;/p-3/t25?,29-,33?;23?,27-,32?;24?,28-,32?;;;/m100.../s1. The number of rotatable bonds is 30. The second-order valence-electron chi connectivity index (χ2n) is 33.4. The Labute approximate surface area is 772 Å². The summed E-state index contributed by atoms with van der Waals surface area (Å²) in [5.74, 6) is -4.85. The highest BCUT2D eigenvalue weighted by molar-refractivity contribution is 7.10. The number of ether oxygens (including phenoxy) is 8. The van der Waals surface area contributed by atoms with Gasteiger partial charge in [0.15, 0.2) is 41.4 Å². The summed E-state index contributed by atoms with van der Waals surface area (Å²) in [4.78, 5) is 84.9. The van der Waals surface area contributed by atoms with Crippen molar-refractivity contribution in [2.45, 2.75) is 148 Å². The number of para-hydroxylation sites is 1. The van der Waals surface area contributed by atoms with Crippen molar-refractivity contribution in [1.29, 1.82) is 0 Å². The summed E-state index contributed by atoms with van der Waals surface area (Å²) in [6.07, 6.45) is -3.31. The first kappa shape index (κ1) is 105. The van der Waals surface area contributed by atoms with Crippen molar-refractivity contribution in [2.75, 3.05) is 129 Å². The number of esters is 1. The molecule has 9 aliphatic heterocycles. The van der Waals surface area contributed by atoms with Crippen molar-refractivity contribution < 1.29 is 153 Å². The van der Waals surface area contributed by atoms with Gasteiger partial charge in [0, 0.05) is 80.2 Å². The molecule has 25 nitrogen and oxygen atoms in total. The van der Waals surface area contributed by atoms with Crippen LogP contribution in [0.15, 0.2) is 166 Å². The van der Waals surface area contributed by atoms with Gasteiger partial charge in [-0.15, -0.1) is 11.3 Å². The first-order chi connectivity index (χ1) is 63.1. The van der Waals surface area contributed by atoms with E-state index < -0.39 is 48.3 Å². The molecule has 0 saturated carbocycles. The minimum absolute atomic E-state index is 0.0954. The van der Waals surface area contributed by atoms with Gasteiger partial charge in [0.05, 0.1) is 111 Å². The van der Waals surface area contributed by atoms with Crippen LogP contribution in [0.5, 0.6) is 23.0 Å². The molecule has 9 saturated heterocycles. The number of aryl methyl sites for hydroxylation is 3.